The van der Waals surface area contributed by atoms with Crippen LogP contribution in [0.1, 0.15) is 309 Å². The predicted molar refractivity (Wildman–Crippen MR) is 294 cm³/mol. The van der Waals surface area contributed by atoms with Gasteiger partial charge in [0.15, 0.2) is 0 Å². The molecule has 0 N–H and O–H groups in total. The average molecular weight is 912 g/mol. The van der Waals surface area contributed by atoms with Crippen molar-refractivity contribution in [2.24, 2.45) is 88.3 Å². The Morgan fingerprint density at radius 2 is 0.600 bits per heavy atom. The Morgan fingerprint density at radius 3 is 0.846 bits per heavy atom. The van der Waals surface area contributed by atoms with Crippen LogP contribution in [0.15, 0.2) is 0 Å². The molecule has 1 heteroatoms. The Bertz CT molecular complexity index is 966. The van der Waals surface area contributed by atoms with Gasteiger partial charge in [-0.1, -0.05) is 219 Å². The highest BCUT2D eigenvalue weighted by Crippen LogP contribution is 2.53. The SMILES string of the molecule is CC(C)CC12CCC(CC1)CC2.CC(C)CC1CC1.CC(C)CC1CCC1.CC(C)CC1CCCC1.CC(C)CC1CCCCC1.CC(C)CC1CCCCC1.CC(C)CC1CCOC1. The van der Waals surface area contributed by atoms with E-state index < -0.39 is 0 Å². The van der Waals surface area contributed by atoms with Gasteiger partial charge in [0.1, 0.15) is 0 Å². The zero-order valence-corrected chi connectivity index (χ0v) is 47.7. The summed E-state index contributed by atoms with van der Waals surface area (Å²) in [4.78, 5) is 0. The highest BCUT2D eigenvalue weighted by atomic mass is 16.5. The van der Waals surface area contributed by atoms with E-state index in [-0.39, 0.29) is 0 Å². The molecule has 0 aromatic rings. The topological polar surface area (TPSA) is 9.23 Å². The molecule has 65 heavy (non-hydrogen) atoms. The first kappa shape index (κ1) is 61.1. The molecule has 8 saturated carbocycles. The van der Waals surface area contributed by atoms with Crippen LogP contribution >= 0.6 is 0 Å². The van der Waals surface area contributed by atoms with Gasteiger partial charge in [-0.3, -0.25) is 0 Å². The standard InChI is InChI=1S/C12H22.2C10H20.C9H18.C8H16O.C8H16.C7H14/c1-10(2)9-12-6-3-11(4-7-12)5-8-12;2*1-9(2)8-10-6-4-3-5-7-10;1-8(2)7-9-5-3-4-6-9;1-7(2)5-8-3-4-9-6-8;1-7(2)6-8-4-3-5-8;1-6(2)5-7-3-4-7/h10-11H,3-9H2,1-2H3;2*9-10H,3-8H2,1-2H3;8-9H,3-7H2,1-2H3;7-8H,3-6H2,1-2H3;7-8H,3-6H2,1-2H3;6-7H,3-5H2,1-2H3. The minimum Gasteiger partial charge on any atom is -0.381 e. The number of hydrogen-bond donors (Lipinski definition) is 0. The summed E-state index contributed by atoms with van der Waals surface area (Å²) < 4.78 is 5.26. The Labute approximate surface area is 413 Å². The van der Waals surface area contributed by atoms with Gasteiger partial charge in [0.05, 0.1) is 0 Å². The first-order valence-corrected chi connectivity index (χ1v) is 30.5. The molecule has 0 amide bonds. The third-order valence-corrected chi connectivity index (χ3v) is 16.8. The van der Waals surface area contributed by atoms with E-state index in [2.05, 4.69) is 96.9 Å². The van der Waals surface area contributed by atoms with Gasteiger partial charge in [-0.05, 0) is 178 Å². The molecule has 8 aliphatic carbocycles. The van der Waals surface area contributed by atoms with E-state index in [1.807, 2.05) is 0 Å². The summed E-state index contributed by atoms with van der Waals surface area (Å²) in [6.45, 7) is 34.6. The van der Waals surface area contributed by atoms with Crippen molar-refractivity contribution in [3.8, 4) is 0 Å². The lowest BCUT2D eigenvalue weighted by atomic mass is 9.58. The van der Waals surface area contributed by atoms with E-state index in [4.69, 9.17) is 4.74 Å². The fourth-order valence-electron chi connectivity index (χ4n) is 13.5. The minimum atomic E-state index is 0.808. The zero-order valence-electron chi connectivity index (χ0n) is 47.7. The maximum absolute atomic E-state index is 5.26. The maximum atomic E-state index is 5.26. The highest BCUT2D eigenvalue weighted by molar-refractivity contribution is 4.92. The van der Waals surface area contributed by atoms with E-state index in [1.165, 1.54) is 173 Å². The Balaban J connectivity index is 0.000000262. The molecule has 1 aliphatic heterocycles. The summed E-state index contributed by atoms with van der Waals surface area (Å²) in [6, 6.07) is 0. The second-order valence-corrected chi connectivity index (χ2v) is 27.5. The van der Waals surface area contributed by atoms with Crippen LogP contribution < -0.4 is 0 Å². The second-order valence-electron chi connectivity index (χ2n) is 27.5. The Kier molecular flexibility index (Phi) is 33.8. The summed E-state index contributed by atoms with van der Waals surface area (Å²) in [5.74, 6) is 13.9. The van der Waals surface area contributed by atoms with Gasteiger partial charge in [-0.15, -0.1) is 0 Å². The van der Waals surface area contributed by atoms with Crippen LogP contribution in [0.4, 0.5) is 0 Å². The van der Waals surface area contributed by atoms with E-state index in [9.17, 15) is 0 Å². The molecular formula is C64H126O. The van der Waals surface area contributed by atoms with Crippen LogP contribution in [0.2, 0.25) is 0 Å². The van der Waals surface area contributed by atoms with Crippen molar-refractivity contribution in [2.75, 3.05) is 13.2 Å². The predicted octanol–water partition coefficient (Wildman–Crippen LogP) is 21.8. The molecule has 1 nitrogen and oxygen atoms in total. The first-order chi connectivity index (χ1) is 30.9. The van der Waals surface area contributed by atoms with Crippen molar-refractivity contribution >= 4 is 0 Å². The molecule has 1 saturated heterocycles. The van der Waals surface area contributed by atoms with Crippen LogP contribution in [-0.2, 0) is 4.74 Å². The fourth-order valence-corrected chi connectivity index (χ4v) is 13.5. The fraction of sp³-hybridized carbons (Fsp3) is 1.00. The molecule has 9 aliphatic rings. The van der Waals surface area contributed by atoms with Gasteiger partial charge in [0.2, 0.25) is 0 Å². The van der Waals surface area contributed by atoms with Gasteiger partial charge >= 0.3 is 0 Å². The molecule has 2 bridgehead atoms. The van der Waals surface area contributed by atoms with Crippen molar-refractivity contribution in [3.05, 3.63) is 0 Å². The van der Waals surface area contributed by atoms with Gasteiger partial charge in [-0.25, -0.2) is 0 Å². The molecule has 1 atom stereocenters. The smallest absolute Gasteiger partial charge is 0.0495 e. The van der Waals surface area contributed by atoms with Crippen LogP contribution in [0.25, 0.3) is 0 Å². The molecule has 0 aromatic heterocycles. The Morgan fingerprint density at radius 1 is 0.308 bits per heavy atom. The quantitative estimate of drug-likeness (QED) is 0.169. The summed E-state index contributed by atoms with van der Waals surface area (Å²) in [6.07, 6.45) is 49.4. The number of rotatable bonds is 14. The van der Waals surface area contributed by atoms with Gasteiger partial charge in [0, 0.05) is 13.2 Å². The van der Waals surface area contributed by atoms with Crippen molar-refractivity contribution in [1.82, 2.24) is 0 Å². The Hall–Kier alpha value is -0.0400. The first-order valence-electron chi connectivity index (χ1n) is 30.5. The number of ether oxygens (including phenoxy) is 1. The van der Waals surface area contributed by atoms with Crippen LogP contribution in [0, 0.1) is 88.3 Å². The molecule has 1 heterocycles. The van der Waals surface area contributed by atoms with Crippen LogP contribution in [0.5, 0.6) is 0 Å². The molecule has 1 unspecified atom stereocenters. The molecular weight excluding hydrogens is 785 g/mol. The van der Waals surface area contributed by atoms with Crippen LogP contribution in [0.3, 0.4) is 0 Å². The molecule has 0 spiro atoms. The minimum absolute atomic E-state index is 0.808. The lowest BCUT2D eigenvalue weighted by Crippen LogP contribution is -2.34. The third kappa shape index (κ3) is 33.2. The molecule has 0 aromatic carbocycles. The zero-order chi connectivity index (χ0) is 48.0. The normalized spacial score (nSPS) is 26.0. The average Bonchev–Trinajstić information content (AvgIpc) is 3.61. The number of hydrogen-bond acceptors (Lipinski definition) is 1. The largest absolute Gasteiger partial charge is 0.381 e. The van der Waals surface area contributed by atoms with Crippen LogP contribution in [-0.4, -0.2) is 13.2 Å². The van der Waals surface area contributed by atoms with Crippen molar-refractivity contribution in [1.29, 1.82) is 0 Å². The summed E-state index contributed by atoms with van der Waals surface area (Å²) >= 11 is 0. The van der Waals surface area contributed by atoms with E-state index >= 15 is 0 Å². The molecule has 9 fully saturated rings. The lowest BCUT2D eigenvalue weighted by molar-refractivity contribution is 0.0450. The van der Waals surface area contributed by atoms with Crippen molar-refractivity contribution in [3.63, 3.8) is 0 Å². The van der Waals surface area contributed by atoms with Gasteiger partial charge < -0.3 is 4.74 Å². The van der Waals surface area contributed by atoms with Gasteiger partial charge in [0.25, 0.3) is 0 Å². The lowest BCUT2D eigenvalue weighted by Gasteiger charge is -2.47. The molecule has 388 valence electrons. The van der Waals surface area contributed by atoms with Crippen molar-refractivity contribution < 1.29 is 4.74 Å². The third-order valence-electron chi connectivity index (χ3n) is 16.8. The number of fused-ring (bicyclic) bond motifs is 3. The molecule has 0 radical (unpaired) electrons. The van der Waals surface area contributed by atoms with Gasteiger partial charge in [-0.2, -0.15) is 0 Å². The van der Waals surface area contributed by atoms with E-state index in [0.717, 1.165) is 101 Å². The monoisotopic (exact) mass is 911 g/mol. The van der Waals surface area contributed by atoms with E-state index in [0.29, 0.717) is 0 Å². The summed E-state index contributed by atoms with van der Waals surface area (Å²) in [7, 11) is 0. The summed E-state index contributed by atoms with van der Waals surface area (Å²) in [5.41, 5.74) is 0.808. The highest BCUT2D eigenvalue weighted by Gasteiger charge is 2.40. The summed E-state index contributed by atoms with van der Waals surface area (Å²) in [5, 5.41) is 0. The molecule has 9 rings (SSSR count). The van der Waals surface area contributed by atoms with Crippen molar-refractivity contribution in [2.45, 2.75) is 309 Å². The van der Waals surface area contributed by atoms with E-state index in [1.54, 1.807) is 38.5 Å². The second kappa shape index (κ2) is 36.0. The maximum Gasteiger partial charge on any atom is 0.0495 e.